The summed E-state index contributed by atoms with van der Waals surface area (Å²) in [6.07, 6.45) is 1.00. The van der Waals surface area contributed by atoms with Gasteiger partial charge in [-0.05, 0) is 55.5 Å². The van der Waals surface area contributed by atoms with Crippen LogP contribution in [0.4, 0.5) is 11.4 Å². The number of carbonyl (C=O) groups is 3. The zero-order valence-corrected chi connectivity index (χ0v) is 19.8. The fourth-order valence-corrected chi connectivity index (χ4v) is 4.21. The predicted molar refractivity (Wildman–Crippen MR) is 126 cm³/mol. The van der Waals surface area contributed by atoms with E-state index < -0.39 is 28.4 Å². The van der Waals surface area contributed by atoms with Gasteiger partial charge >= 0.3 is 5.97 Å². The quantitative estimate of drug-likeness (QED) is 0.561. The Kier molecular flexibility index (Phi) is 8.24. The predicted octanol–water partition coefficient (Wildman–Crippen LogP) is 1.74. The molecule has 1 heterocycles. The van der Waals surface area contributed by atoms with Crippen molar-refractivity contribution in [3.8, 4) is 0 Å². The van der Waals surface area contributed by atoms with Crippen molar-refractivity contribution in [1.29, 1.82) is 0 Å². The number of amides is 2. The van der Waals surface area contributed by atoms with Gasteiger partial charge in [0.2, 0.25) is 15.9 Å². The van der Waals surface area contributed by atoms with Gasteiger partial charge in [-0.3, -0.25) is 13.9 Å². The summed E-state index contributed by atoms with van der Waals surface area (Å²) in [5, 5.41) is 2.62. The minimum absolute atomic E-state index is 0.162. The van der Waals surface area contributed by atoms with E-state index in [4.69, 9.17) is 9.47 Å². The minimum atomic E-state index is -3.78. The number of anilines is 2. The second-order valence-corrected chi connectivity index (χ2v) is 9.47. The maximum absolute atomic E-state index is 12.6. The largest absolute Gasteiger partial charge is 0.462 e. The van der Waals surface area contributed by atoms with Crippen LogP contribution >= 0.6 is 0 Å². The highest BCUT2D eigenvalue weighted by atomic mass is 32.2. The summed E-state index contributed by atoms with van der Waals surface area (Å²) in [5.41, 5.74) is 1.42. The van der Waals surface area contributed by atoms with Crippen LogP contribution in [0.1, 0.15) is 27.6 Å². The lowest BCUT2D eigenvalue weighted by Crippen LogP contribution is -2.40. The highest BCUT2D eigenvalue weighted by Crippen LogP contribution is 2.20. The molecule has 3 rings (SSSR count). The average Bonchev–Trinajstić information content (AvgIpc) is 2.83. The molecule has 1 N–H and O–H groups in total. The number of nitrogens with zero attached hydrogens (tertiary/aromatic N) is 2. The van der Waals surface area contributed by atoms with E-state index in [2.05, 4.69) is 5.32 Å². The molecule has 2 amide bonds. The summed E-state index contributed by atoms with van der Waals surface area (Å²) >= 11 is 0. The van der Waals surface area contributed by atoms with E-state index in [1.165, 1.54) is 48.5 Å². The number of nitrogens with one attached hydrogen (secondary N) is 1. The molecule has 0 radical (unpaired) electrons. The Balaban J connectivity index is 1.68. The molecule has 1 aliphatic rings. The van der Waals surface area contributed by atoms with Crippen LogP contribution < -0.4 is 9.62 Å². The van der Waals surface area contributed by atoms with Crippen LogP contribution in [-0.4, -0.2) is 76.8 Å². The van der Waals surface area contributed by atoms with Crippen molar-refractivity contribution in [2.24, 2.45) is 0 Å². The topological polar surface area (TPSA) is 122 Å². The smallest absolute Gasteiger partial charge is 0.338 e. The molecule has 0 bridgehead atoms. The molecule has 182 valence electrons. The molecule has 1 fully saturated rings. The fourth-order valence-electron chi connectivity index (χ4n) is 3.35. The lowest BCUT2D eigenvalue weighted by Gasteiger charge is -2.27. The summed E-state index contributed by atoms with van der Waals surface area (Å²) in [4.78, 5) is 38.6. The van der Waals surface area contributed by atoms with Crippen LogP contribution in [0.3, 0.4) is 0 Å². The molecular weight excluding hydrogens is 462 g/mol. The summed E-state index contributed by atoms with van der Waals surface area (Å²) in [7, 11) is -3.78. The maximum Gasteiger partial charge on any atom is 0.338 e. The van der Waals surface area contributed by atoms with Crippen molar-refractivity contribution in [3.63, 3.8) is 0 Å². The number of hydrogen-bond acceptors (Lipinski definition) is 7. The van der Waals surface area contributed by atoms with Crippen LogP contribution in [0, 0.1) is 0 Å². The van der Waals surface area contributed by atoms with Gasteiger partial charge < -0.3 is 19.7 Å². The van der Waals surface area contributed by atoms with E-state index >= 15 is 0 Å². The van der Waals surface area contributed by atoms with E-state index in [1.54, 1.807) is 11.8 Å². The number of ether oxygens (including phenoxy) is 2. The molecule has 0 atom stereocenters. The van der Waals surface area contributed by atoms with Crippen molar-refractivity contribution in [2.75, 3.05) is 55.3 Å². The molecule has 0 saturated carbocycles. The van der Waals surface area contributed by atoms with Gasteiger partial charge in [-0.2, -0.15) is 0 Å². The maximum atomic E-state index is 12.6. The number of esters is 1. The van der Waals surface area contributed by atoms with Crippen molar-refractivity contribution in [3.05, 3.63) is 59.7 Å². The summed E-state index contributed by atoms with van der Waals surface area (Å²) in [5.74, 6) is -1.20. The molecule has 10 nitrogen and oxygen atoms in total. The van der Waals surface area contributed by atoms with Crippen LogP contribution in [-0.2, 0) is 24.3 Å². The first-order valence-corrected chi connectivity index (χ1v) is 12.6. The third-order valence-corrected chi connectivity index (χ3v) is 6.21. The molecule has 0 unspecified atom stereocenters. The Morgan fingerprint density at radius 1 is 1.00 bits per heavy atom. The normalized spacial score (nSPS) is 13.8. The number of benzene rings is 2. The van der Waals surface area contributed by atoms with Gasteiger partial charge in [0.25, 0.3) is 5.91 Å². The summed E-state index contributed by atoms with van der Waals surface area (Å²) in [6.45, 7) is 3.44. The SMILES string of the molecule is CCOC(=O)c1ccc(NC(=O)CN(c2ccc(C(=O)N3CCOCC3)cc2)S(C)(=O)=O)cc1. The first-order chi connectivity index (χ1) is 16.2. The third-order valence-electron chi connectivity index (χ3n) is 5.07. The Morgan fingerprint density at radius 2 is 1.59 bits per heavy atom. The van der Waals surface area contributed by atoms with Crippen molar-refractivity contribution in [1.82, 2.24) is 4.90 Å². The number of sulfonamides is 1. The number of rotatable bonds is 8. The van der Waals surface area contributed by atoms with Gasteiger partial charge in [0.15, 0.2) is 0 Å². The van der Waals surface area contributed by atoms with Gasteiger partial charge in [0, 0.05) is 24.3 Å². The van der Waals surface area contributed by atoms with Crippen LogP contribution in [0.15, 0.2) is 48.5 Å². The third kappa shape index (κ3) is 6.55. The molecule has 2 aromatic carbocycles. The molecular formula is C23H27N3O7S. The first-order valence-electron chi connectivity index (χ1n) is 10.7. The Hall–Kier alpha value is -3.44. The Bertz CT molecular complexity index is 1130. The van der Waals surface area contributed by atoms with Gasteiger partial charge in [-0.1, -0.05) is 0 Å². The van der Waals surface area contributed by atoms with Crippen LogP contribution in [0.5, 0.6) is 0 Å². The van der Waals surface area contributed by atoms with E-state index in [1.807, 2.05) is 0 Å². The summed E-state index contributed by atoms with van der Waals surface area (Å²) in [6, 6.07) is 12.1. The molecule has 0 aliphatic carbocycles. The van der Waals surface area contributed by atoms with Crippen molar-refractivity contribution < 1.29 is 32.3 Å². The Labute approximate surface area is 198 Å². The minimum Gasteiger partial charge on any atom is -0.462 e. The number of hydrogen-bond donors (Lipinski definition) is 1. The van der Waals surface area contributed by atoms with E-state index in [0.717, 1.165) is 10.6 Å². The molecule has 11 heteroatoms. The van der Waals surface area contributed by atoms with Gasteiger partial charge in [-0.15, -0.1) is 0 Å². The average molecular weight is 490 g/mol. The lowest BCUT2D eigenvalue weighted by atomic mass is 10.1. The highest BCUT2D eigenvalue weighted by Gasteiger charge is 2.23. The summed E-state index contributed by atoms with van der Waals surface area (Å²) < 4.78 is 35.9. The monoisotopic (exact) mass is 489 g/mol. The molecule has 1 saturated heterocycles. The van der Waals surface area contributed by atoms with Crippen molar-refractivity contribution in [2.45, 2.75) is 6.92 Å². The van der Waals surface area contributed by atoms with Gasteiger partial charge in [0.05, 0.1) is 37.3 Å². The zero-order valence-electron chi connectivity index (χ0n) is 19.0. The van der Waals surface area contributed by atoms with Gasteiger partial charge in [-0.25, -0.2) is 13.2 Å². The molecule has 0 aromatic heterocycles. The number of carbonyl (C=O) groups excluding carboxylic acids is 3. The first kappa shape index (κ1) is 25.2. The number of morpholine rings is 1. The van der Waals surface area contributed by atoms with Crippen LogP contribution in [0.2, 0.25) is 0 Å². The highest BCUT2D eigenvalue weighted by molar-refractivity contribution is 7.92. The molecule has 0 spiro atoms. The molecule has 1 aliphatic heterocycles. The van der Waals surface area contributed by atoms with Gasteiger partial charge in [0.1, 0.15) is 6.54 Å². The standard InChI is InChI=1S/C23H27N3O7S/c1-3-33-23(29)18-4-8-19(9-5-18)24-21(27)16-26(34(2,30)31)20-10-6-17(7-11-20)22(28)25-12-14-32-15-13-25/h4-11H,3,12-16H2,1-2H3,(H,24,27). The fraction of sp³-hybridized carbons (Fsp3) is 0.348. The zero-order chi connectivity index (χ0) is 24.7. The second kappa shape index (κ2) is 11.1. The Morgan fingerprint density at radius 3 is 2.15 bits per heavy atom. The van der Waals surface area contributed by atoms with E-state index in [-0.39, 0.29) is 18.2 Å². The van der Waals surface area contributed by atoms with E-state index in [9.17, 15) is 22.8 Å². The van der Waals surface area contributed by atoms with E-state index in [0.29, 0.717) is 43.1 Å². The molecule has 34 heavy (non-hydrogen) atoms. The second-order valence-electron chi connectivity index (χ2n) is 7.57. The van der Waals surface area contributed by atoms with Crippen LogP contribution in [0.25, 0.3) is 0 Å². The molecule has 2 aromatic rings. The lowest BCUT2D eigenvalue weighted by molar-refractivity contribution is -0.114. The van der Waals surface area contributed by atoms with Crippen molar-refractivity contribution >= 4 is 39.2 Å².